The van der Waals surface area contributed by atoms with Crippen LogP contribution in [0, 0.1) is 6.92 Å². The maximum atomic E-state index is 13.3. The van der Waals surface area contributed by atoms with E-state index in [-0.39, 0.29) is 24.4 Å². The number of thiophene rings is 1. The standard InChI is InChI=1S/C25H26N2O2S/c1-19-9-11-21(12-10-19)25(29)27(22-13-14-22)18-24(28)26(17-23-8-5-15-30-23)16-20-6-3-2-4-7-20/h2-12,15,22H,13-14,16-18H2,1H3. The molecule has 4 nitrogen and oxygen atoms in total. The Morgan fingerprint density at radius 3 is 2.30 bits per heavy atom. The smallest absolute Gasteiger partial charge is 0.254 e. The molecule has 0 spiro atoms. The molecule has 0 unspecified atom stereocenters. The van der Waals surface area contributed by atoms with E-state index in [2.05, 4.69) is 0 Å². The highest BCUT2D eigenvalue weighted by atomic mass is 32.1. The molecule has 1 aromatic heterocycles. The van der Waals surface area contributed by atoms with E-state index in [0.29, 0.717) is 18.7 Å². The van der Waals surface area contributed by atoms with Crippen molar-refractivity contribution in [3.05, 3.63) is 93.7 Å². The average molecular weight is 419 g/mol. The van der Waals surface area contributed by atoms with Gasteiger partial charge in [-0.3, -0.25) is 9.59 Å². The summed E-state index contributed by atoms with van der Waals surface area (Å²) in [7, 11) is 0. The highest BCUT2D eigenvalue weighted by Gasteiger charge is 2.35. The average Bonchev–Trinajstić information content (AvgIpc) is 3.48. The molecule has 1 fully saturated rings. The van der Waals surface area contributed by atoms with Gasteiger partial charge >= 0.3 is 0 Å². The van der Waals surface area contributed by atoms with Crippen LogP contribution >= 0.6 is 11.3 Å². The summed E-state index contributed by atoms with van der Waals surface area (Å²) in [6.07, 6.45) is 1.93. The van der Waals surface area contributed by atoms with Crippen LogP contribution in [0.4, 0.5) is 0 Å². The van der Waals surface area contributed by atoms with Crippen molar-refractivity contribution >= 4 is 23.2 Å². The van der Waals surface area contributed by atoms with Crippen LogP contribution < -0.4 is 0 Å². The Morgan fingerprint density at radius 2 is 1.67 bits per heavy atom. The normalized spacial score (nSPS) is 13.1. The second-order valence-electron chi connectivity index (χ2n) is 7.85. The van der Waals surface area contributed by atoms with E-state index in [9.17, 15) is 9.59 Å². The molecule has 30 heavy (non-hydrogen) atoms. The third-order valence-electron chi connectivity index (χ3n) is 5.35. The van der Waals surface area contributed by atoms with Crippen LogP contribution in [0.3, 0.4) is 0 Å². The zero-order chi connectivity index (χ0) is 20.9. The molecule has 0 bridgehead atoms. The van der Waals surface area contributed by atoms with Crippen LogP contribution in [0.15, 0.2) is 72.1 Å². The van der Waals surface area contributed by atoms with Crippen LogP contribution in [-0.4, -0.2) is 34.2 Å². The lowest BCUT2D eigenvalue weighted by molar-refractivity contribution is -0.133. The fourth-order valence-corrected chi connectivity index (χ4v) is 4.21. The molecule has 0 saturated heterocycles. The van der Waals surface area contributed by atoms with Gasteiger partial charge in [0, 0.05) is 23.0 Å². The van der Waals surface area contributed by atoms with Crippen molar-refractivity contribution in [1.29, 1.82) is 0 Å². The number of carbonyl (C=O) groups is 2. The number of benzene rings is 2. The molecule has 0 radical (unpaired) electrons. The van der Waals surface area contributed by atoms with Crippen LogP contribution in [0.1, 0.15) is 39.2 Å². The molecule has 1 heterocycles. The Kier molecular flexibility index (Phi) is 6.29. The maximum absolute atomic E-state index is 13.3. The van der Waals surface area contributed by atoms with Crippen molar-refractivity contribution in [3.8, 4) is 0 Å². The van der Waals surface area contributed by atoms with Crippen LogP contribution in [0.5, 0.6) is 0 Å². The van der Waals surface area contributed by atoms with Crippen LogP contribution in [0.2, 0.25) is 0 Å². The minimum atomic E-state index is -0.0540. The number of amides is 2. The van der Waals surface area contributed by atoms with E-state index in [0.717, 1.165) is 28.8 Å². The third-order valence-corrected chi connectivity index (χ3v) is 6.21. The molecule has 2 aromatic carbocycles. The highest BCUT2D eigenvalue weighted by Crippen LogP contribution is 2.28. The Labute approximate surface area is 181 Å². The van der Waals surface area contributed by atoms with Gasteiger partial charge in [-0.1, -0.05) is 54.1 Å². The van der Waals surface area contributed by atoms with Gasteiger partial charge in [0.2, 0.25) is 5.91 Å². The summed E-state index contributed by atoms with van der Waals surface area (Å²) in [5, 5.41) is 2.03. The largest absolute Gasteiger partial charge is 0.332 e. The van der Waals surface area contributed by atoms with Crippen molar-refractivity contribution in [2.45, 2.75) is 38.9 Å². The second-order valence-corrected chi connectivity index (χ2v) is 8.88. The molecule has 0 aliphatic heterocycles. The topological polar surface area (TPSA) is 40.6 Å². The monoisotopic (exact) mass is 418 g/mol. The Balaban J connectivity index is 1.51. The van der Waals surface area contributed by atoms with Crippen molar-refractivity contribution in [3.63, 3.8) is 0 Å². The van der Waals surface area contributed by atoms with Crippen LogP contribution in [0.25, 0.3) is 0 Å². The molecule has 4 rings (SSSR count). The van der Waals surface area contributed by atoms with E-state index < -0.39 is 0 Å². The third kappa shape index (κ3) is 5.16. The van der Waals surface area contributed by atoms with Gasteiger partial charge in [0.1, 0.15) is 6.54 Å². The molecule has 2 amide bonds. The fraction of sp³-hybridized carbons (Fsp3) is 0.280. The van der Waals surface area contributed by atoms with E-state index in [1.54, 1.807) is 16.2 Å². The van der Waals surface area contributed by atoms with E-state index >= 15 is 0 Å². The highest BCUT2D eigenvalue weighted by molar-refractivity contribution is 7.09. The van der Waals surface area contributed by atoms with Gasteiger partial charge in [-0.15, -0.1) is 11.3 Å². The fourth-order valence-electron chi connectivity index (χ4n) is 3.49. The zero-order valence-corrected chi connectivity index (χ0v) is 18.0. The number of hydrogen-bond acceptors (Lipinski definition) is 3. The minimum absolute atomic E-state index is 0.0142. The minimum Gasteiger partial charge on any atom is -0.332 e. The van der Waals surface area contributed by atoms with Gasteiger partial charge in [0.25, 0.3) is 5.91 Å². The second kappa shape index (κ2) is 9.26. The Bertz CT molecular complexity index is 980. The lowest BCUT2D eigenvalue weighted by atomic mass is 10.1. The first-order valence-electron chi connectivity index (χ1n) is 10.3. The van der Waals surface area contributed by atoms with Crippen molar-refractivity contribution in [2.24, 2.45) is 0 Å². The zero-order valence-electron chi connectivity index (χ0n) is 17.2. The Morgan fingerprint density at radius 1 is 0.933 bits per heavy atom. The number of nitrogens with zero attached hydrogens (tertiary/aromatic N) is 2. The Hall–Kier alpha value is -2.92. The first kappa shape index (κ1) is 20.4. The number of hydrogen-bond donors (Lipinski definition) is 0. The SMILES string of the molecule is Cc1ccc(C(=O)N(CC(=O)N(Cc2ccccc2)Cc2cccs2)C2CC2)cc1. The molecule has 5 heteroatoms. The summed E-state index contributed by atoms with van der Waals surface area (Å²) in [5.41, 5.74) is 2.85. The first-order valence-corrected chi connectivity index (χ1v) is 11.2. The van der Waals surface area contributed by atoms with Crippen molar-refractivity contribution in [2.75, 3.05) is 6.54 Å². The predicted octanol–water partition coefficient (Wildman–Crippen LogP) is 4.89. The van der Waals surface area contributed by atoms with Gasteiger partial charge in [-0.2, -0.15) is 0 Å². The van der Waals surface area contributed by atoms with Gasteiger partial charge in [0.05, 0.1) is 6.54 Å². The molecule has 0 atom stereocenters. The summed E-state index contributed by atoms with van der Waals surface area (Å²) in [5.74, 6) is -0.0683. The molecular formula is C25H26N2O2S. The molecule has 1 saturated carbocycles. The summed E-state index contributed by atoms with van der Waals surface area (Å²) in [6, 6.07) is 21.8. The summed E-state index contributed by atoms with van der Waals surface area (Å²) in [4.78, 5) is 31.2. The molecular weight excluding hydrogens is 392 g/mol. The molecule has 0 N–H and O–H groups in total. The number of rotatable bonds is 8. The number of aryl methyl sites for hydroxylation is 1. The van der Waals surface area contributed by atoms with E-state index in [1.807, 2.05) is 83.9 Å². The van der Waals surface area contributed by atoms with Gasteiger partial charge in [-0.05, 0) is 48.9 Å². The predicted molar refractivity (Wildman–Crippen MR) is 120 cm³/mol. The van der Waals surface area contributed by atoms with Crippen LogP contribution in [-0.2, 0) is 17.9 Å². The lowest BCUT2D eigenvalue weighted by Gasteiger charge is -2.28. The van der Waals surface area contributed by atoms with E-state index in [4.69, 9.17) is 0 Å². The lowest BCUT2D eigenvalue weighted by Crippen LogP contribution is -2.43. The quantitative estimate of drug-likeness (QED) is 0.523. The molecule has 154 valence electrons. The van der Waals surface area contributed by atoms with Gasteiger partial charge in [0.15, 0.2) is 0 Å². The first-order chi connectivity index (χ1) is 14.6. The van der Waals surface area contributed by atoms with E-state index in [1.165, 1.54) is 0 Å². The van der Waals surface area contributed by atoms with Gasteiger partial charge in [-0.25, -0.2) is 0 Å². The van der Waals surface area contributed by atoms with Gasteiger partial charge < -0.3 is 9.80 Å². The van der Waals surface area contributed by atoms with Crippen molar-refractivity contribution < 1.29 is 9.59 Å². The molecule has 1 aliphatic rings. The maximum Gasteiger partial charge on any atom is 0.254 e. The summed E-state index contributed by atoms with van der Waals surface area (Å²) >= 11 is 1.65. The summed E-state index contributed by atoms with van der Waals surface area (Å²) in [6.45, 7) is 3.22. The number of carbonyl (C=O) groups excluding carboxylic acids is 2. The summed E-state index contributed by atoms with van der Waals surface area (Å²) < 4.78 is 0. The molecule has 1 aliphatic carbocycles. The van der Waals surface area contributed by atoms with Crippen molar-refractivity contribution in [1.82, 2.24) is 9.80 Å². The molecule has 3 aromatic rings.